The molecule has 22 heavy (non-hydrogen) atoms. The van der Waals surface area contributed by atoms with Crippen LogP contribution in [-0.4, -0.2) is 41.9 Å². The van der Waals surface area contributed by atoms with Gasteiger partial charge in [0.2, 0.25) is 5.91 Å². The minimum atomic E-state index is -0.0381. The molecule has 3 rings (SSSR count). The molecule has 6 heteroatoms. The van der Waals surface area contributed by atoms with Crippen molar-refractivity contribution < 1.29 is 9.59 Å². The van der Waals surface area contributed by atoms with Gasteiger partial charge in [0.1, 0.15) is 0 Å². The number of amides is 2. The molecular formula is C16H21N3O2S. The van der Waals surface area contributed by atoms with Gasteiger partial charge in [-0.15, -0.1) is 0 Å². The number of hydrogen-bond donors (Lipinski definition) is 3. The van der Waals surface area contributed by atoms with Crippen LogP contribution in [0.4, 0.5) is 5.69 Å². The largest absolute Gasteiger partial charge is 0.349 e. The van der Waals surface area contributed by atoms with Gasteiger partial charge in [-0.1, -0.05) is 0 Å². The summed E-state index contributed by atoms with van der Waals surface area (Å²) in [4.78, 5) is 23.9. The maximum Gasteiger partial charge on any atom is 0.251 e. The van der Waals surface area contributed by atoms with E-state index in [1.54, 1.807) is 24.3 Å². The second-order valence-corrected chi connectivity index (χ2v) is 6.95. The number of nitrogens with one attached hydrogen (secondary N) is 3. The third kappa shape index (κ3) is 4.48. The molecule has 0 radical (unpaired) electrons. The lowest BCUT2D eigenvalue weighted by atomic mass is 10.1. The number of hydrogen-bond acceptors (Lipinski definition) is 4. The first-order valence-corrected chi connectivity index (χ1v) is 8.88. The Labute approximate surface area is 134 Å². The van der Waals surface area contributed by atoms with Crippen molar-refractivity contribution in [2.24, 2.45) is 0 Å². The Morgan fingerprint density at radius 3 is 2.64 bits per heavy atom. The molecule has 1 heterocycles. The fourth-order valence-electron chi connectivity index (χ4n) is 2.39. The summed E-state index contributed by atoms with van der Waals surface area (Å²) in [6, 6.07) is 7.67. The first kappa shape index (κ1) is 15.4. The van der Waals surface area contributed by atoms with Crippen molar-refractivity contribution in [3.8, 4) is 0 Å². The van der Waals surface area contributed by atoms with Gasteiger partial charge in [-0.3, -0.25) is 9.59 Å². The summed E-state index contributed by atoms with van der Waals surface area (Å²) >= 11 is 1.88. The lowest BCUT2D eigenvalue weighted by Gasteiger charge is -2.22. The molecule has 3 N–H and O–H groups in total. The highest BCUT2D eigenvalue weighted by atomic mass is 32.2. The molecule has 1 atom stereocenters. The molecule has 2 fully saturated rings. The third-order valence-corrected chi connectivity index (χ3v) is 4.90. The molecule has 118 valence electrons. The molecule has 1 aliphatic heterocycles. The maximum absolute atomic E-state index is 12.0. The molecular weight excluding hydrogens is 298 g/mol. The second-order valence-electron chi connectivity index (χ2n) is 5.80. The topological polar surface area (TPSA) is 70.2 Å². The van der Waals surface area contributed by atoms with E-state index in [0.29, 0.717) is 18.0 Å². The average Bonchev–Trinajstić information content (AvgIpc) is 3.33. The number of rotatable bonds is 5. The van der Waals surface area contributed by atoms with Crippen molar-refractivity contribution >= 4 is 29.3 Å². The van der Waals surface area contributed by atoms with Gasteiger partial charge < -0.3 is 16.0 Å². The standard InChI is InChI=1S/C16H21N3O2S/c20-15(9-14-10-22-8-7-17-14)18-12-3-1-11(2-4-12)16(21)19-13-5-6-13/h1-4,13-14,17H,5-10H2,(H,18,20)(H,19,21). The third-order valence-electron chi connectivity index (χ3n) is 3.77. The first-order chi connectivity index (χ1) is 10.7. The number of benzene rings is 1. The van der Waals surface area contributed by atoms with Crippen molar-refractivity contribution in [1.82, 2.24) is 10.6 Å². The molecule has 1 saturated heterocycles. The van der Waals surface area contributed by atoms with Crippen molar-refractivity contribution in [2.75, 3.05) is 23.4 Å². The van der Waals surface area contributed by atoms with Crippen LogP contribution in [0.25, 0.3) is 0 Å². The van der Waals surface area contributed by atoms with E-state index in [1.165, 1.54) is 0 Å². The van der Waals surface area contributed by atoms with E-state index in [4.69, 9.17) is 0 Å². The summed E-state index contributed by atoms with van der Waals surface area (Å²) in [5, 5.41) is 9.19. The summed E-state index contributed by atoms with van der Waals surface area (Å²) in [6.07, 6.45) is 2.64. The van der Waals surface area contributed by atoms with Gasteiger partial charge in [0.25, 0.3) is 5.91 Å². The van der Waals surface area contributed by atoms with Crippen LogP contribution in [0.1, 0.15) is 29.6 Å². The van der Waals surface area contributed by atoms with Gasteiger partial charge in [-0.25, -0.2) is 0 Å². The summed E-state index contributed by atoms with van der Waals surface area (Å²) in [7, 11) is 0. The minimum Gasteiger partial charge on any atom is -0.349 e. The molecule has 1 aromatic carbocycles. The smallest absolute Gasteiger partial charge is 0.251 e. The Morgan fingerprint density at radius 2 is 2.00 bits per heavy atom. The molecule has 1 aromatic rings. The molecule has 1 aliphatic carbocycles. The van der Waals surface area contributed by atoms with Crippen LogP contribution in [0.2, 0.25) is 0 Å². The maximum atomic E-state index is 12.0. The predicted molar refractivity (Wildman–Crippen MR) is 89.3 cm³/mol. The number of anilines is 1. The van der Waals surface area contributed by atoms with Crippen LogP contribution in [0.5, 0.6) is 0 Å². The summed E-state index contributed by atoms with van der Waals surface area (Å²) < 4.78 is 0. The molecule has 2 amide bonds. The average molecular weight is 319 g/mol. The fraction of sp³-hybridized carbons (Fsp3) is 0.500. The summed E-state index contributed by atoms with van der Waals surface area (Å²) in [6.45, 7) is 0.966. The molecule has 1 unspecified atom stereocenters. The number of carbonyl (C=O) groups excluding carboxylic acids is 2. The zero-order chi connectivity index (χ0) is 15.4. The Bertz CT molecular complexity index is 537. The van der Waals surface area contributed by atoms with E-state index in [0.717, 1.165) is 36.6 Å². The van der Waals surface area contributed by atoms with Gasteiger partial charge in [-0.2, -0.15) is 11.8 Å². The summed E-state index contributed by atoms with van der Waals surface area (Å²) in [5.74, 6) is 2.06. The van der Waals surface area contributed by atoms with Crippen LogP contribution < -0.4 is 16.0 Å². The monoisotopic (exact) mass is 319 g/mol. The number of thioether (sulfide) groups is 1. The highest BCUT2D eigenvalue weighted by Gasteiger charge is 2.23. The molecule has 0 bridgehead atoms. The first-order valence-electron chi connectivity index (χ1n) is 7.72. The molecule has 0 spiro atoms. The van der Waals surface area contributed by atoms with E-state index in [9.17, 15) is 9.59 Å². The van der Waals surface area contributed by atoms with Gasteiger partial charge >= 0.3 is 0 Å². The van der Waals surface area contributed by atoms with E-state index < -0.39 is 0 Å². The van der Waals surface area contributed by atoms with Gasteiger partial charge in [0.15, 0.2) is 0 Å². The van der Waals surface area contributed by atoms with Crippen LogP contribution in [0.3, 0.4) is 0 Å². The lowest BCUT2D eigenvalue weighted by molar-refractivity contribution is -0.116. The minimum absolute atomic E-state index is 0.00943. The van der Waals surface area contributed by atoms with Crippen LogP contribution in [0, 0.1) is 0 Å². The zero-order valence-corrected chi connectivity index (χ0v) is 13.2. The Hall–Kier alpha value is -1.53. The van der Waals surface area contributed by atoms with E-state index in [1.807, 2.05) is 11.8 Å². The second kappa shape index (κ2) is 7.15. The van der Waals surface area contributed by atoms with Crippen LogP contribution in [-0.2, 0) is 4.79 Å². The normalized spacial score (nSPS) is 21.2. The van der Waals surface area contributed by atoms with Crippen molar-refractivity contribution in [3.05, 3.63) is 29.8 Å². The molecule has 0 aromatic heterocycles. The van der Waals surface area contributed by atoms with E-state index >= 15 is 0 Å². The highest BCUT2D eigenvalue weighted by Crippen LogP contribution is 2.20. The van der Waals surface area contributed by atoms with Crippen molar-refractivity contribution in [3.63, 3.8) is 0 Å². The zero-order valence-electron chi connectivity index (χ0n) is 12.4. The molecule has 2 aliphatic rings. The molecule has 5 nitrogen and oxygen atoms in total. The number of carbonyl (C=O) groups is 2. The Morgan fingerprint density at radius 1 is 1.23 bits per heavy atom. The van der Waals surface area contributed by atoms with Crippen molar-refractivity contribution in [2.45, 2.75) is 31.3 Å². The van der Waals surface area contributed by atoms with E-state index in [2.05, 4.69) is 16.0 Å². The summed E-state index contributed by atoms with van der Waals surface area (Å²) in [5.41, 5.74) is 1.37. The quantitative estimate of drug-likeness (QED) is 0.771. The highest BCUT2D eigenvalue weighted by molar-refractivity contribution is 7.99. The van der Waals surface area contributed by atoms with E-state index in [-0.39, 0.29) is 17.9 Å². The van der Waals surface area contributed by atoms with Gasteiger partial charge in [-0.05, 0) is 37.1 Å². The van der Waals surface area contributed by atoms with Gasteiger partial charge in [0.05, 0.1) is 0 Å². The SMILES string of the molecule is O=C(CC1CSCCN1)Nc1ccc(C(=O)NC2CC2)cc1. The predicted octanol–water partition coefficient (Wildman–Crippen LogP) is 1.61. The fourth-order valence-corrected chi connectivity index (χ4v) is 3.34. The Balaban J connectivity index is 1.49. The lowest BCUT2D eigenvalue weighted by Crippen LogP contribution is -2.39. The Kier molecular flexibility index (Phi) is 5.00. The van der Waals surface area contributed by atoms with Crippen molar-refractivity contribution in [1.29, 1.82) is 0 Å². The van der Waals surface area contributed by atoms with Crippen LogP contribution in [0.15, 0.2) is 24.3 Å². The van der Waals surface area contributed by atoms with Crippen LogP contribution >= 0.6 is 11.8 Å². The molecule has 1 saturated carbocycles. The van der Waals surface area contributed by atoms with Gasteiger partial charge in [0, 0.05) is 47.8 Å².